The van der Waals surface area contributed by atoms with Gasteiger partial charge in [0.15, 0.2) is 0 Å². The maximum atomic E-state index is 4.94. The number of likely N-dealkylation sites (tertiary alicyclic amines) is 1. The molecule has 0 aliphatic carbocycles. The van der Waals surface area contributed by atoms with Gasteiger partial charge < -0.3 is 4.74 Å². The van der Waals surface area contributed by atoms with Crippen LogP contribution in [0.15, 0.2) is 18.2 Å². The van der Waals surface area contributed by atoms with Crippen LogP contribution in [0.2, 0.25) is 0 Å². The average molecular weight is 276 g/mol. The molecule has 0 unspecified atom stereocenters. The summed E-state index contributed by atoms with van der Waals surface area (Å²) in [5, 5.41) is 0. The van der Waals surface area contributed by atoms with Gasteiger partial charge in [0.25, 0.3) is 0 Å². The molecule has 0 saturated carbocycles. The Morgan fingerprint density at radius 2 is 1.80 bits per heavy atom. The number of rotatable bonds is 3. The van der Waals surface area contributed by atoms with Crippen LogP contribution in [0.3, 0.4) is 0 Å². The fourth-order valence-corrected chi connectivity index (χ4v) is 2.59. The van der Waals surface area contributed by atoms with Crippen LogP contribution in [0.25, 0.3) is 0 Å². The third-order valence-electron chi connectivity index (χ3n) is 3.83. The van der Waals surface area contributed by atoms with Crippen molar-refractivity contribution in [2.75, 3.05) is 26.3 Å². The lowest BCUT2D eigenvalue weighted by atomic mass is 10.1. The van der Waals surface area contributed by atoms with Crippen molar-refractivity contribution < 1.29 is 4.74 Å². The van der Waals surface area contributed by atoms with Crippen LogP contribution in [0.1, 0.15) is 56.8 Å². The van der Waals surface area contributed by atoms with Gasteiger partial charge in [0.05, 0.1) is 5.69 Å². The largest absolute Gasteiger partial charge is 0.381 e. The maximum Gasteiger partial charge on any atom is 0.0547 e. The molecule has 1 aromatic heterocycles. The predicted molar refractivity (Wildman–Crippen MR) is 82.9 cm³/mol. The SMILES string of the molecule is C1CCOC1.CC(C)c1cccc(CN2CCCC2)n1. The van der Waals surface area contributed by atoms with Crippen molar-refractivity contribution >= 4 is 0 Å². The summed E-state index contributed by atoms with van der Waals surface area (Å²) in [5.74, 6) is 0.531. The van der Waals surface area contributed by atoms with Crippen LogP contribution < -0.4 is 0 Å². The zero-order chi connectivity index (χ0) is 14.2. The molecular formula is C17H28N2O. The molecule has 0 spiro atoms. The lowest BCUT2D eigenvalue weighted by Gasteiger charge is -2.14. The molecule has 0 bridgehead atoms. The number of aromatic nitrogens is 1. The van der Waals surface area contributed by atoms with Crippen LogP contribution in [0.4, 0.5) is 0 Å². The van der Waals surface area contributed by atoms with Gasteiger partial charge in [0, 0.05) is 25.5 Å². The monoisotopic (exact) mass is 276 g/mol. The summed E-state index contributed by atoms with van der Waals surface area (Å²) in [4.78, 5) is 7.19. The second kappa shape index (κ2) is 8.38. The first-order valence-corrected chi connectivity index (χ1v) is 8.01. The highest BCUT2D eigenvalue weighted by Gasteiger charge is 2.12. The molecular weight excluding hydrogens is 248 g/mol. The number of nitrogens with zero attached hydrogens (tertiary/aromatic N) is 2. The summed E-state index contributed by atoms with van der Waals surface area (Å²) in [5.41, 5.74) is 2.44. The molecule has 2 fully saturated rings. The Labute approximate surface area is 123 Å². The van der Waals surface area contributed by atoms with Crippen molar-refractivity contribution in [1.29, 1.82) is 0 Å². The molecule has 0 amide bonds. The van der Waals surface area contributed by atoms with Crippen molar-refractivity contribution in [3.63, 3.8) is 0 Å². The van der Waals surface area contributed by atoms with Crippen molar-refractivity contribution in [3.05, 3.63) is 29.6 Å². The van der Waals surface area contributed by atoms with Gasteiger partial charge in [-0.3, -0.25) is 9.88 Å². The van der Waals surface area contributed by atoms with Gasteiger partial charge in [-0.1, -0.05) is 19.9 Å². The van der Waals surface area contributed by atoms with E-state index in [9.17, 15) is 0 Å². The fourth-order valence-electron chi connectivity index (χ4n) is 2.59. The molecule has 20 heavy (non-hydrogen) atoms. The van der Waals surface area contributed by atoms with Crippen LogP contribution in [-0.2, 0) is 11.3 Å². The minimum Gasteiger partial charge on any atom is -0.381 e. The van der Waals surface area contributed by atoms with Crippen LogP contribution in [-0.4, -0.2) is 36.2 Å². The lowest BCUT2D eigenvalue weighted by Crippen LogP contribution is -2.19. The zero-order valence-corrected chi connectivity index (χ0v) is 13.0. The van der Waals surface area contributed by atoms with Gasteiger partial charge in [-0.05, 0) is 56.8 Å². The Morgan fingerprint density at radius 3 is 2.35 bits per heavy atom. The van der Waals surface area contributed by atoms with E-state index in [-0.39, 0.29) is 0 Å². The summed E-state index contributed by atoms with van der Waals surface area (Å²) >= 11 is 0. The molecule has 0 N–H and O–H groups in total. The summed E-state index contributed by atoms with van der Waals surface area (Å²) in [7, 11) is 0. The Balaban J connectivity index is 0.000000247. The van der Waals surface area contributed by atoms with Gasteiger partial charge in [-0.15, -0.1) is 0 Å². The minimum atomic E-state index is 0.531. The first-order valence-electron chi connectivity index (χ1n) is 8.01. The molecule has 3 heterocycles. The van der Waals surface area contributed by atoms with E-state index in [2.05, 4.69) is 36.9 Å². The summed E-state index contributed by atoms with van der Waals surface area (Å²) in [6.07, 6.45) is 5.26. The van der Waals surface area contributed by atoms with Crippen LogP contribution in [0, 0.1) is 0 Å². The second-order valence-corrected chi connectivity index (χ2v) is 6.01. The van der Waals surface area contributed by atoms with Crippen molar-refractivity contribution in [2.24, 2.45) is 0 Å². The molecule has 3 heteroatoms. The molecule has 2 saturated heterocycles. The van der Waals surface area contributed by atoms with Gasteiger partial charge in [0.2, 0.25) is 0 Å². The maximum absolute atomic E-state index is 4.94. The molecule has 112 valence electrons. The highest BCUT2D eigenvalue weighted by atomic mass is 16.5. The van der Waals surface area contributed by atoms with E-state index in [1.54, 1.807) is 0 Å². The lowest BCUT2D eigenvalue weighted by molar-refractivity contribution is 0.198. The molecule has 3 rings (SSSR count). The topological polar surface area (TPSA) is 25.4 Å². The second-order valence-electron chi connectivity index (χ2n) is 6.01. The Hall–Kier alpha value is -0.930. The molecule has 0 radical (unpaired) electrons. The van der Waals surface area contributed by atoms with Crippen LogP contribution >= 0.6 is 0 Å². The van der Waals surface area contributed by atoms with E-state index >= 15 is 0 Å². The number of pyridine rings is 1. The van der Waals surface area contributed by atoms with E-state index in [0.29, 0.717) is 5.92 Å². The van der Waals surface area contributed by atoms with Crippen molar-refractivity contribution in [2.45, 2.75) is 52.0 Å². The van der Waals surface area contributed by atoms with Crippen molar-refractivity contribution in [3.8, 4) is 0 Å². The quantitative estimate of drug-likeness (QED) is 0.843. The normalized spacial score (nSPS) is 19.1. The molecule has 0 aromatic carbocycles. The summed E-state index contributed by atoms with van der Waals surface area (Å²) in [6, 6.07) is 6.40. The minimum absolute atomic E-state index is 0.531. The van der Waals surface area contributed by atoms with E-state index in [1.165, 1.54) is 50.2 Å². The molecule has 3 nitrogen and oxygen atoms in total. The van der Waals surface area contributed by atoms with E-state index in [0.717, 1.165) is 19.8 Å². The Morgan fingerprint density at radius 1 is 1.10 bits per heavy atom. The third-order valence-corrected chi connectivity index (χ3v) is 3.83. The zero-order valence-electron chi connectivity index (χ0n) is 13.0. The smallest absolute Gasteiger partial charge is 0.0547 e. The van der Waals surface area contributed by atoms with E-state index in [1.807, 2.05) is 0 Å². The van der Waals surface area contributed by atoms with Gasteiger partial charge in [-0.2, -0.15) is 0 Å². The van der Waals surface area contributed by atoms with Gasteiger partial charge in [-0.25, -0.2) is 0 Å². The van der Waals surface area contributed by atoms with Gasteiger partial charge >= 0.3 is 0 Å². The Kier molecular flexibility index (Phi) is 6.48. The molecule has 2 aliphatic heterocycles. The number of hydrogen-bond acceptors (Lipinski definition) is 3. The third kappa shape index (κ3) is 5.22. The molecule has 1 aromatic rings. The standard InChI is InChI=1S/C13H20N2.C4H8O/c1-11(2)13-7-5-6-12(14-13)10-15-8-3-4-9-15;1-2-4-5-3-1/h5-7,11H,3-4,8-10H2,1-2H3;1-4H2. The van der Waals surface area contributed by atoms with Crippen LogP contribution in [0.5, 0.6) is 0 Å². The number of ether oxygens (including phenoxy) is 1. The molecule has 2 aliphatic rings. The highest BCUT2D eigenvalue weighted by Crippen LogP contribution is 2.15. The molecule has 0 atom stereocenters. The summed E-state index contributed by atoms with van der Waals surface area (Å²) < 4.78 is 4.94. The number of hydrogen-bond donors (Lipinski definition) is 0. The first-order chi connectivity index (χ1) is 9.75. The fraction of sp³-hybridized carbons (Fsp3) is 0.706. The van der Waals surface area contributed by atoms with E-state index < -0.39 is 0 Å². The summed E-state index contributed by atoms with van der Waals surface area (Å²) in [6.45, 7) is 9.91. The predicted octanol–water partition coefficient (Wildman–Crippen LogP) is 3.60. The first kappa shape index (κ1) is 15.5. The van der Waals surface area contributed by atoms with Gasteiger partial charge in [0.1, 0.15) is 0 Å². The van der Waals surface area contributed by atoms with E-state index in [4.69, 9.17) is 9.72 Å². The Bertz CT molecular complexity index is 375. The average Bonchev–Trinajstić information content (AvgIpc) is 3.15. The van der Waals surface area contributed by atoms with Crippen molar-refractivity contribution in [1.82, 2.24) is 9.88 Å². The highest BCUT2D eigenvalue weighted by molar-refractivity contribution is 5.13.